The molecule has 0 spiro atoms. The normalized spacial score (nSPS) is 10.8. The monoisotopic (exact) mass is 320 g/mol. The molecule has 0 aliphatic heterocycles. The minimum absolute atomic E-state index is 0.837. The van der Waals surface area contributed by atoms with Gasteiger partial charge < -0.3 is 0 Å². The topological polar surface area (TPSA) is 83.1 Å². The molecule has 0 radical (unpaired) electrons. The van der Waals surface area contributed by atoms with Gasteiger partial charge in [0, 0.05) is 33.3 Å². The van der Waals surface area contributed by atoms with Crippen LogP contribution in [0.3, 0.4) is 0 Å². The minimum atomic E-state index is 0.837. The van der Waals surface area contributed by atoms with Crippen molar-refractivity contribution in [3.05, 3.63) is 60.9 Å². The van der Waals surface area contributed by atoms with Gasteiger partial charge in [-0.2, -0.15) is 0 Å². The number of benzene rings is 2. The smallest absolute Gasteiger partial charge is 0.112 e. The summed E-state index contributed by atoms with van der Waals surface area (Å²) < 4.78 is 0. The summed E-state index contributed by atoms with van der Waals surface area (Å²) >= 11 is 1.69. The van der Waals surface area contributed by atoms with Crippen LogP contribution in [-0.2, 0) is 0 Å². The molecule has 4 aromatic rings. The van der Waals surface area contributed by atoms with E-state index in [1.165, 1.54) is 0 Å². The first-order valence-electron chi connectivity index (χ1n) is 7.00. The van der Waals surface area contributed by atoms with Crippen molar-refractivity contribution in [2.24, 2.45) is 0 Å². The van der Waals surface area contributed by atoms with E-state index < -0.39 is 0 Å². The molecule has 2 aromatic heterocycles. The van der Waals surface area contributed by atoms with Crippen LogP contribution in [0.1, 0.15) is 0 Å². The molecule has 0 bridgehead atoms. The molecule has 0 atom stereocenters. The molecule has 0 aliphatic carbocycles. The lowest BCUT2D eigenvalue weighted by Crippen LogP contribution is -1.81. The number of nitrogens with one attached hydrogen (secondary N) is 2. The van der Waals surface area contributed by atoms with Crippen molar-refractivity contribution in [1.82, 2.24) is 30.8 Å². The number of hydrogen-bond donors (Lipinski definition) is 2. The van der Waals surface area contributed by atoms with Gasteiger partial charge in [0.2, 0.25) is 0 Å². The van der Waals surface area contributed by atoms with Gasteiger partial charge >= 0.3 is 0 Å². The van der Waals surface area contributed by atoms with Crippen LogP contribution < -0.4 is 0 Å². The predicted molar refractivity (Wildman–Crippen MR) is 87.8 cm³/mol. The molecule has 0 fully saturated rings. The van der Waals surface area contributed by atoms with Crippen molar-refractivity contribution >= 4 is 11.8 Å². The first-order valence-corrected chi connectivity index (χ1v) is 7.82. The lowest BCUT2D eigenvalue weighted by Gasteiger charge is -2.05. The van der Waals surface area contributed by atoms with E-state index in [2.05, 4.69) is 55.1 Å². The van der Waals surface area contributed by atoms with Gasteiger partial charge in [-0.15, -0.1) is 10.2 Å². The van der Waals surface area contributed by atoms with Crippen molar-refractivity contribution in [2.75, 3.05) is 0 Å². The highest BCUT2D eigenvalue weighted by atomic mass is 32.2. The van der Waals surface area contributed by atoms with Crippen LogP contribution in [0.15, 0.2) is 70.7 Å². The third kappa shape index (κ3) is 3.00. The largest absolute Gasteiger partial charge is 0.265 e. The molecule has 0 unspecified atom stereocenters. The Morgan fingerprint density at radius 1 is 0.696 bits per heavy atom. The lowest BCUT2D eigenvalue weighted by atomic mass is 10.2. The Morgan fingerprint density at radius 2 is 1.22 bits per heavy atom. The van der Waals surface area contributed by atoms with Crippen LogP contribution in [0.2, 0.25) is 0 Å². The third-order valence-electron chi connectivity index (χ3n) is 3.33. The number of rotatable bonds is 4. The molecule has 4 rings (SSSR count). The van der Waals surface area contributed by atoms with Crippen LogP contribution in [0.25, 0.3) is 22.5 Å². The molecule has 23 heavy (non-hydrogen) atoms. The summed E-state index contributed by atoms with van der Waals surface area (Å²) in [4.78, 5) is 2.28. The number of hydrogen-bond acceptors (Lipinski definition) is 5. The quantitative estimate of drug-likeness (QED) is 0.602. The van der Waals surface area contributed by atoms with E-state index in [-0.39, 0.29) is 0 Å². The average Bonchev–Trinajstić information content (AvgIpc) is 3.29. The highest BCUT2D eigenvalue weighted by molar-refractivity contribution is 7.99. The van der Waals surface area contributed by atoms with Crippen molar-refractivity contribution in [1.29, 1.82) is 0 Å². The van der Waals surface area contributed by atoms with Crippen LogP contribution in [0.4, 0.5) is 0 Å². The van der Waals surface area contributed by atoms with E-state index in [0.29, 0.717) is 0 Å². The van der Waals surface area contributed by atoms with Gasteiger partial charge in [-0.25, -0.2) is 0 Å². The molecule has 0 saturated carbocycles. The molecule has 2 aromatic carbocycles. The zero-order chi connectivity index (χ0) is 15.5. The van der Waals surface area contributed by atoms with Crippen LogP contribution in [0.5, 0.6) is 0 Å². The van der Waals surface area contributed by atoms with Crippen LogP contribution >= 0.6 is 11.8 Å². The van der Waals surface area contributed by atoms with Crippen molar-refractivity contribution in [2.45, 2.75) is 9.79 Å². The number of nitrogens with zero attached hydrogens (tertiary/aromatic N) is 4. The molecule has 7 heteroatoms. The standard InChI is InChI=1S/C16H12N6S/c1-3-11(15-9-17-21-19-15)7-13(5-1)23-14-6-2-4-12(8-14)16-10-18-22-20-16/h1-10H,(H,17,19,21)(H,18,20,22). The first kappa shape index (κ1) is 13.7. The van der Waals surface area contributed by atoms with Crippen molar-refractivity contribution in [3.63, 3.8) is 0 Å². The van der Waals surface area contributed by atoms with E-state index in [0.717, 1.165) is 32.3 Å². The lowest BCUT2D eigenvalue weighted by molar-refractivity contribution is 0.942. The highest BCUT2D eigenvalue weighted by Gasteiger charge is 2.05. The molecule has 6 nitrogen and oxygen atoms in total. The zero-order valence-electron chi connectivity index (χ0n) is 12.0. The maximum absolute atomic E-state index is 4.05. The third-order valence-corrected chi connectivity index (χ3v) is 4.31. The summed E-state index contributed by atoms with van der Waals surface area (Å²) in [5, 5.41) is 21.1. The second kappa shape index (κ2) is 6.05. The number of H-pyrrole nitrogens is 2. The Balaban J connectivity index is 1.61. The van der Waals surface area contributed by atoms with E-state index in [4.69, 9.17) is 0 Å². The van der Waals surface area contributed by atoms with E-state index in [1.54, 1.807) is 24.2 Å². The number of aromatic amines is 2. The van der Waals surface area contributed by atoms with Gasteiger partial charge in [-0.3, -0.25) is 10.2 Å². The van der Waals surface area contributed by atoms with Gasteiger partial charge in [-0.05, 0) is 24.3 Å². The van der Waals surface area contributed by atoms with Crippen LogP contribution in [-0.4, -0.2) is 30.8 Å². The Hall–Kier alpha value is -2.93. The fourth-order valence-corrected chi connectivity index (χ4v) is 3.20. The summed E-state index contributed by atoms with van der Waals surface area (Å²) in [7, 11) is 0. The zero-order valence-corrected chi connectivity index (χ0v) is 12.8. The SMILES string of the molecule is c1cc(Sc2cccc(-c3c[nH]nn3)c2)cc(-c2c[nH]nn2)c1. The van der Waals surface area contributed by atoms with Gasteiger partial charge in [0.1, 0.15) is 11.4 Å². The highest BCUT2D eigenvalue weighted by Crippen LogP contribution is 2.32. The minimum Gasteiger partial charge on any atom is -0.265 e. The molecular weight excluding hydrogens is 308 g/mol. The molecular formula is C16H12N6S. The van der Waals surface area contributed by atoms with Gasteiger partial charge in [-0.1, -0.05) is 46.5 Å². The summed E-state index contributed by atoms with van der Waals surface area (Å²) in [6.45, 7) is 0. The van der Waals surface area contributed by atoms with Crippen molar-refractivity contribution in [3.8, 4) is 22.5 Å². The van der Waals surface area contributed by atoms with Gasteiger partial charge in [0.25, 0.3) is 0 Å². The summed E-state index contributed by atoms with van der Waals surface area (Å²) in [5.74, 6) is 0. The summed E-state index contributed by atoms with van der Waals surface area (Å²) in [6, 6.07) is 16.5. The van der Waals surface area contributed by atoms with Crippen LogP contribution in [0, 0.1) is 0 Å². The molecule has 0 aliphatic rings. The fraction of sp³-hybridized carbons (Fsp3) is 0. The Kier molecular flexibility index (Phi) is 3.61. The van der Waals surface area contributed by atoms with E-state index in [9.17, 15) is 0 Å². The summed E-state index contributed by atoms with van der Waals surface area (Å²) in [5.41, 5.74) is 3.75. The predicted octanol–water partition coefficient (Wildman–Crippen LogP) is 3.41. The van der Waals surface area contributed by atoms with Crippen molar-refractivity contribution < 1.29 is 0 Å². The Morgan fingerprint density at radius 3 is 1.65 bits per heavy atom. The molecule has 2 heterocycles. The maximum Gasteiger partial charge on any atom is 0.112 e. The average molecular weight is 320 g/mol. The summed E-state index contributed by atoms with van der Waals surface area (Å²) in [6.07, 6.45) is 3.57. The molecule has 0 saturated heterocycles. The number of aromatic nitrogens is 6. The Labute approximate surface area is 136 Å². The molecule has 112 valence electrons. The van der Waals surface area contributed by atoms with Gasteiger partial charge in [0.05, 0.1) is 0 Å². The Bertz CT molecular complexity index is 826. The molecule has 2 N–H and O–H groups in total. The fourth-order valence-electron chi connectivity index (χ4n) is 2.26. The van der Waals surface area contributed by atoms with Gasteiger partial charge in [0.15, 0.2) is 0 Å². The molecule has 0 amide bonds. The second-order valence-corrected chi connectivity index (χ2v) is 6.02. The first-order chi connectivity index (χ1) is 11.4. The van der Waals surface area contributed by atoms with E-state index in [1.807, 2.05) is 24.3 Å². The second-order valence-electron chi connectivity index (χ2n) is 4.88. The van der Waals surface area contributed by atoms with E-state index >= 15 is 0 Å². The maximum atomic E-state index is 4.05.